The Balaban J connectivity index is 2.13. The van der Waals surface area contributed by atoms with E-state index in [1.54, 1.807) is 6.20 Å². The van der Waals surface area contributed by atoms with E-state index >= 15 is 0 Å². The van der Waals surface area contributed by atoms with Crippen molar-refractivity contribution in [2.75, 3.05) is 0 Å². The van der Waals surface area contributed by atoms with Gasteiger partial charge in [-0.2, -0.15) is 0 Å². The Kier molecular flexibility index (Phi) is 2.85. The van der Waals surface area contributed by atoms with Crippen molar-refractivity contribution in [3.05, 3.63) is 46.7 Å². The minimum atomic E-state index is -0.00105. The van der Waals surface area contributed by atoms with Crippen molar-refractivity contribution in [1.29, 1.82) is 0 Å². The molecule has 0 radical (unpaired) electrons. The number of aliphatic hydroxyl groups is 1. The molecule has 90 valence electrons. The van der Waals surface area contributed by atoms with E-state index in [0.29, 0.717) is 11.5 Å². The van der Waals surface area contributed by atoms with Gasteiger partial charge in [-0.05, 0) is 45.8 Å². The van der Waals surface area contributed by atoms with E-state index in [1.807, 2.05) is 30.3 Å². The standard InChI is InChI=1S/C13H9BrN2O2/c14-12-6-9(3-4-15-12)13-16-10-5-8(7-17)1-2-11(10)18-13/h1-6,17H,7H2. The molecule has 0 atom stereocenters. The first-order valence-corrected chi connectivity index (χ1v) is 6.18. The summed E-state index contributed by atoms with van der Waals surface area (Å²) >= 11 is 3.31. The molecule has 1 N–H and O–H groups in total. The number of hydrogen-bond acceptors (Lipinski definition) is 4. The minimum absolute atomic E-state index is 0.00105. The van der Waals surface area contributed by atoms with Crippen LogP contribution in [0.1, 0.15) is 5.56 Å². The molecule has 0 spiro atoms. The van der Waals surface area contributed by atoms with Crippen LogP contribution in [0.15, 0.2) is 45.5 Å². The predicted octanol–water partition coefficient (Wildman–Crippen LogP) is 3.14. The molecule has 0 saturated carbocycles. The summed E-state index contributed by atoms with van der Waals surface area (Å²) in [4.78, 5) is 8.47. The van der Waals surface area contributed by atoms with Gasteiger partial charge in [-0.15, -0.1) is 0 Å². The predicted molar refractivity (Wildman–Crippen MR) is 70.9 cm³/mol. The van der Waals surface area contributed by atoms with E-state index in [4.69, 9.17) is 9.52 Å². The van der Waals surface area contributed by atoms with Crippen LogP contribution in [0.3, 0.4) is 0 Å². The highest BCUT2D eigenvalue weighted by Crippen LogP contribution is 2.25. The second-order valence-corrected chi connectivity index (χ2v) is 4.66. The van der Waals surface area contributed by atoms with Gasteiger partial charge >= 0.3 is 0 Å². The number of benzene rings is 1. The number of pyridine rings is 1. The minimum Gasteiger partial charge on any atom is -0.436 e. The van der Waals surface area contributed by atoms with E-state index in [0.717, 1.165) is 21.2 Å². The zero-order valence-electron chi connectivity index (χ0n) is 9.30. The highest BCUT2D eigenvalue weighted by atomic mass is 79.9. The van der Waals surface area contributed by atoms with Gasteiger partial charge in [0, 0.05) is 11.8 Å². The highest BCUT2D eigenvalue weighted by molar-refractivity contribution is 9.10. The van der Waals surface area contributed by atoms with Crippen LogP contribution in [0, 0.1) is 0 Å². The Bertz CT molecular complexity index is 709. The zero-order chi connectivity index (χ0) is 12.5. The molecule has 18 heavy (non-hydrogen) atoms. The summed E-state index contributed by atoms with van der Waals surface area (Å²) in [6.07, 6.45) is 1.69. The number of aromatic nitrogens is 2. The molecule has 2 aromatic heterocycles. The average Bonchev–Trinajstić information content (AvgIpc) is 2.81. The number of halogens is 1. The number of fused-ring (bicyclic) bond motifs is 1. The molecule has 5 heteroatoms. The maximum absolute atomic E-state index is 9.08. The first-order valence-electron chi connectivity index (χ1n) is 5.38. The first-order chi connectivity index (χ1) is 8.76. The van der Waals surface area contributed by atoms with Crippen LogP contribution in [0.25, 0.3) is 22.6 Å². The molecule has 0 aliphatic rings. The van der Waals surface area contributed by atoms with Crippen molar-refractivity contribution in [3.63, 3.8) is 0 Å². The summed E-state index contributed by atoms with van der Waals surface area (Å²) < 4.78 is 6.40. The lowest BCUT2D eigenvalue weighted by Gasteiger charge is -1.94. The third-order valence-electron chi connectivity index (χ3n) is 2.61. The molecule has 0 aliphatic heterocycles. The van der Waals surface area contributed by atoms with E-state index in [9.17, 15) is 0 Å². The van der Waals surface area contributed by atoms with Crippen LogP contribution in [-0.2, 0) is 6.61 Å². The van der Waals surface area contributed by atoms with Crippen molar-refractivity contribution in [2.24, 2.45) is 0 Å². The molecule has 3 aromatic rings. The largest absolute Gasteiger partial charge is 0.436 e. The molecule has 0 bridgehead atoms. The van der Waals surface area contributed by atoms with Gasteiger partial charge in [0.05, 0.1) is 6.61 Å². The molecule has 0 aliphatic carbocycles. The Labute approximate surface area is 111 Å². The van der Waals surface area contributed by atoms with Crippen molar-refractivity contribution >= 4 is 27.0 Å². The van der Waals surface area contributed by atoms with Crippen molar-refractivity contribution in [1.82, 2.24) is 9.97 Å². The van der Waals surface area contributed by atoms with Gasteiger partial charge in [0.1, 0.15) is 10.1 Å². The fraction of sp³-hybridized carbons (Fsp3) is 0.0769. The average molecular weight is 305 g/mol. The number of oxazole rings is 1. The molecule has 0 saturated heterocycles. The first kappa shape index (κ1) is 11.4. The second kappa shape index (κ2) is 4.51. The molecular formula is C13H9BrN2O2. The van der Waals surface area contributed by atoms with Gasteiger partial charge in [-0.25, -0.2) is 9.97 Å². The number of rotatable bonds is 2. The maximum Gasteiger partial charge on any atom is 0.227 e. The van der Waals surface area contributed by atoms with E-state index < -0.39 is 0 Å². The van der Waals surface area contributed by atoms with Crippen LogP contribution >= 0.6 is 15.9 Å². The Morgan fingerprint density at radius 2 is 2.11 bits per heavy atom. The van der Waals surface area contributed by atoms with Crippen molar-refractivity contribution in [3.8, 4) is 11.5 Å². The third-order valence-corrected chi connectivity index (χ3v) is 3.04. The summed E-state index contributed by atoms with van der Waals surface area (Å²) in [6, 6.07) is 9.13. The van der Waals surface area contributed by atoms with Crippen LogP contribution in [-0.4, -0.2) is 15.1 Å². The Hall–Kier alpha value is -1.72. The summed E-state index contributed by atoms with van der Waals surface area (Å²) in [5.74, 6) is 0.545. The van der Waals surface area contributed by atoms with E-state index in [1.165, 1.54) is 0 Å². The lowest BCUT2D eigenvalue weighted by Crippen LogP contribution is -1.81. The summed E-state index contributed by atoms with van der Waals surface area (Å²) in [7, 11) is 0. The van der Waals surface area contributed by atoms with Gasteiger partial charge in [0.25, 0.3) is 0 Å². The van der Waals surface area contributed by atoms with Crippen molar-refractivity contribution in [2.45, 2.75) is 6.61 Å². The fourth-order valence-corrected chi connectivity index (χ4v) is 2.10. The lowest BCUT2D eigenvalue weighted by molar-refractivity contribution is 0.282. The number of hydrogen-bond donors (Lipinski definition) is 1. The highest BCUT2D eigenvalue weighted by Gasteiger charge is 2.09. The van der Waals surface area contributed by atoms with Gasteiger partial charge in [0.2, 0.25) is 5.89 Å². The van der Waals surface area contributed by atoms with Crippen molar-refractivity contribution < 1.29 is 9.52 Å². The number of aliphatic hydroxyl groups excluding tert-OH is 1. The molecule has 4 nitrogen and oxygen atoms in total. The quantitative estimate of drug-likeness (QED) is 0.739. The monoisotopic (exact) mass is 304 g/mol. The van der Waals surface area contributed by atoms with Crippen LogP contribution < -0.4 is 0 Å². The summed E-state index contributed by atoms with van der Waals surface area (Å²) in [5, 5.41) is 9.08. The normalized spacial score (nSPS) is 11.0. The van der Waals surface area contributed by atoms with Crippen LogP contribution in [0.5, 0.6) is 0 Å². The smallest absolute Gasteiger partial charge is 0.227 e. The van der Waals surface area contributed by atoms with Crippen LogP contribution in [0.4, 0.5) is 0 Å². The zero-order valence-corrected chi connectivity index (χ0v) is 10.9. The Morgan fingerprint density at radius 3 is 2.89 bits per heavy atom. The molecule has 0 amide bonds. The summed E-state index contributed by atoms with van der Waals surface area (Å²) in [5.41, 5.74) is 3.12. The summed E-state index contributed by atoms with van der Waals surface area (Å²) in [6.45, 7) is -0.00105. The van der Waals surface area contributed by atoms with Crippen LogP contribution in [0.2, 0.25) is 0 Å². The third kappa shape index (κ3) is 2.02. The molecule has 1 aromatic carbocycles. The van der Waals surface area contributed by atoms with Gasteiger partial charge in [-0.1, -0.05) is 6.07 Å². The SMILES string of the molecule is OCc1ccc2oc(-c3ccnc(Br)c3)nc2c1. The topological polar surface area (TPSA) is 59.2 Å². The molecular weight excluding hydrogens is 296 g/mol. The molecule has 3 rings (SSSR count). The second-order valence-electron chi connectivity index (χ2n) is 3.85. The van der Waals surface area contributed by atoms with Gasteiger partial charge in [-0.3, -0.25) is 0 Å². The molecule has 0 fully saturated rings. The van der Waals surface area contributed by atoms with E-state index in [-0.39, 0.29) is 6.61 Å². The lowest BCUT2D eigenvalue weighted by atomic mass is 10.2. The maximum atomic E-state index is 9.08. The Morgan fingerprint density at radius 1 is 1.22 bits per heavy atom. The molecule has 0 unspecified atom stereocenters. The molecule has 2 heterocycles. The van der Waals surface area contributed by atoms with Gasteiger partial charge < -0.3 is 9.52 Å². The van der Waals surface area contributed by atoms with E-state index in [2.05, 4.69) is 25.9 Å². The fourth-order valence-electron chi connectivity index (χ4n) is 1.73. The number of nitrogens with zero attached hydrogens (tertiary/aromatic N) is 2. The van der Waals surface area contributed by atoms with Gasteiger partial charge in [0.15, 0.2) is 5.58 Å².